The SMILES string of the molecule is CCCCCCC/C=C/CCCC(O)C(O)C(CO)NC(=O)CCCCCCCCCCCCCCCCCCCCCCCCCCCCCCCCCCCCCCC. The van der Waals surface area contributed by atoms with Crippen molar-refractivity contribution < 1.29 is 20.1 Å². The third kappa shape index (κ3) is 46.9. The molecule has 0 aromatic carbocycles. The molecule has 3 atom stereocenters. The molecule has 0 saturated carbocycles. The number of unbranched alkanes of at least 4 members (excludes halogenated alkanes) is 42. The van der Waals surface area contributed by atoms with E-state index in [4.69, 9.17) is 0 Å². The molecule has 0 saturated heterocycles. The topological polar surface area (TPSA) is 89.8 Å². The number of carbonyl (C=O) groups excluding carboxylic acids is 1. The first-order chi connectivity index (χ1) is 30.1. The molecule has 61 heavy (non-hydrogen) atoms. The first kappa shape index (κ1) is 60.1. The van der Waals surface area contributed by atoms with Crippen molar-refractivity contribution in [1.29, 1.82) is 0 Å². The molecule has 4 N–H and O–H groups in total. The van der Waals surface area contributed by atoms with E-state index in [1.54, 1.807) is 0 Å². The summed E-state index contributed by atoms with van der Waals surface area (Å²) in [5.41, 5.74) is 0. The predicted molar refractivity (Wildman–Crippen MR) is 269 cm³/mol. The fourth-order valence-electron chi connectivity index (χ4n) is 9.05. The van der Waals surface area contributed by atoms with E-state index >= 15 is 0 Å². The Bertz CT molecular complexity index is 864. The Morgan fingerprint density at radius 2 is 0.656 bits per heavy atom. The Morgan fingerprint density at radius 1 is 0.393 bits per heavy atom. The van der Waals surface area contributed by atoms with Crippen LogP contribution in [0.1, 0.15) is 316 Å². The number of hydrogen-bond donors (Lipinski definition) is 4. The number of rotatable bonds is 52. The smallest absolute Gasteiger partial charge is 0.220 e. The molecule has 0 aromatic heterocycles. The molecule has 1 amide bonds. The van der Waals surface area contributed by atoms with Crippen LogP contribution in [0.25, 0.3) is 0 Å². The van der Waals surface area contributed by atoms with Crippen LogP contribution < -0.4 is 5.32 Å². The molecule has 0 rings (SSSR count). The van der Waals surface area contributed by atoms with Gasteiger partial charge in [0, 0.05) is 6.42 Å². The molecule has 0 aliphatic heterocycles. The van der Waals surface area contributed by atoms with Gasteiger partial charge in [-0.15, -0.1) is 0 Å². The van der Waals surface area contributed by atoms with Crippen molar-refractivity contribution >= 4 is 5.91 Å². The van der Waals surface area contributed by atoms with E-state index < -0.39 is 18.2 Å². The highest BCUT2D eigenvalue weighted by Crippen LogP contribution is 2.18. The molecule has 0 heterocycles. The van der Waals surface area contributed by atoms with E-state index in [0.717, 1.165) is 38.5 Å². The summed E-state index contributed by atoms with van der Waals surface area (Å²) in [5.74, 6) is -0.150. The number of allylic oxidation sites excluding steroid dienone is 2. The van der Waals surface area contributed by atoms with E-state index in [1.165, 1.54) is 250 Å². The maximum Gasteiger partial charge on any atom is 0.220 e. The Kier molecular flexibility index (Phi) is 51.0. The summed E-state index contributed by atoms with van der Waals surface area (Å²) in [4.78, 5) is 12.4. The number of aliphatic hydroxyl groups excluding tert-OH is 3. The Balaban J connectivity index is 3.38. The molecule has 3 unspecified atom stereocenters. The van der Waals surface area contributed by atoms with Crippen LogP contribution in [0.3, 0.4) is 0 Å². The Hall–Kier alpha value is -0.910. The molecule has 0 aliphatic rings. The maximum absolute atomic E-state index is 12.4. The van der Waals surface area contributed by atoms with Crippen LogP contribution in [-0.2, 0) is 4.79 Å². The highest BCUT2D eigenvalue weighted by atomic mass is 16.3. The molecule has 0 fully saturated rings. The monoisotopic (exact) mass is 862 g/mol. The van der Waals surface area contributed by atoms with Gasteiger partial charge in [0.2, 0.25) is 5.91 Å². The van der Waals surface area contributed by atoms with Gasteiger partial charge in [-0.25, -0.2) is 0 Å². The molecule has 5 nitrogen and oxygen atoms in total. The van der Waals surface area contributed by atoms with Gasteiger partial charge in [0.25, 0.3) is 0 Å². The lowest BCUT2D eigenvalue weighted by Crippen LogP contribution is -2.50. The van der Waals surface area contributed by atoms with E-state index in [2.05, 4.69) is 31.3 Å². The summed E-state index contributed by atoms with van der Waals surface area (Å²) in [7, 11) is 0. The zero-order valence-corrected chi connectivity index (χ0v) is 41.6. The summed E-state index contributed by atoms with van der Waals surface area (Å²) in [5, 5.41) is 33.5. The zero-order valence-electron chi connectivity index (χ0n) is 41.6. The zero-order chi connectivity index (χ0) is 44.4. The van der Waals surface area contributed by atoms with E-state index in [1.807, 2.05) is 0 Å². The summed E-state index contributed by atoms with van der Waals surface area (Å²) in [6.07, 6.45) is 64.1. The molecule has 5 heteroatoms. The summed E-state index contributed by atoms with van der Waals surface area (Å²) in [6.45, 7) is 4.16. The highest BCUT2D eigenvalue weighted by Gasteiger charge is 2.26. The second-order valence-corrected chi connectivity index (χ2v) is 19.5. The van der Waals surface area contributed by atoms with Crippen LogP contribution >= 0.6 is 0 Å². The lowest BCUT2D eigenvalue weighted by Gasteiger charge is -2.26. The molecular formula is C56H111NO4. The normalized spacial score (nSPS) is 13.3. The summed E-state index contributed by atoms with van der Waals surface area (Å²) < 4.78 is 0. The molecule has 0 bridgehead atoms. The second-order valence-electron chi connectivity index (χ2n) is 19.5. The molecular weight excluding hydrogens is 751 g/mol. The van der Waals surface area contributed by atoms with Crippen LogP contribution in [0.2, 0.25) is 0 Å². The minimum atomic E-state index is -1.15. The maximum atomic E-state index is 12.4. The van der Waals surface area contributed by atoms with Crippen molar-refractivity contribution in [1.82, 2.24) is 5.32 Å². The highest BCUT2D eigenvalue weighted by molar-refractivity contribution is 5.76. The van der Waals surface area contributed by atoms with Crippen LogP contribution in [0.4, 0.5) is 0 Å². The molecule has 0 spiro atoms. The van der Waals surface area contributed by atoms with Crippen LogP contribution in [0.5, 0.6) is 0 Å². The Labute approximate surface area is 382 Å². The standard InChI is InChI=1S/C56H111NO4/c1-3-5-7-9-11-13-15-16-17-18-19-20-21-22-23-24-25-26-27-28-29-30-31-32-33-34-35-36-37-38-39-40-41-43-45-47-49-51-55(60)57-53(52-58)56(61)54(59)50-48-46-44-42-14-12-10-8-6-4-2/h42,44,53-54,56,58-59,61H,3-41,43,45-52H2,1-2H3,(H,57,60)/b44-42+. The Morgan fingerprint density at radius 3 is 0.951 bits per heavy atom. The minimum absolute atomic E-state index is 0.150. The van der Waals surface area contributed by atoms with Gasteiger partial charge in [-0.2, -0.15) is 0 Å². The van der Waals surface area contributed by atoms with Crippen molar-refractivity contribution in [3.8, 4) is 0 Å². The van der Waals surface area contributed by atoms with Gasteiger partial charge in [-0.05, 0) is 38.5 Å². The van der Waals surface area contributed by atoms with Gasteiger partial charge in [-0.3, -0.25) is 4.79 Å². The van der Waals surface area contributed by atoms with Gasteiger partial charge < -0.3 is 20.6 Å². The van der Waals surface area contributed by atoms with Crippen LogP contribution in [-0.4, -0.2) is 46.1 Å². The van der Waals surface area contributed by atoms with Crippen LogP contribution in [0, 0.1) is 0 Å². The molecule has 0 radical (unpaired) electrons. The lowest BCUT2D eigenvalue weighted by molar-refractivity contribution is -0.124. The van der Waals surface area contributed by atoms with Gasteiger partial charge in [-0.1, -0.05) is 283 Å². The number of carbonyl (C=O) groups is 1. The third-order valence-electron chi connectivity index (χ3n) is 13.4. The van der Waals surface area contributed by atoms with Gasteiger partial charge in [0.05, 0.1) is 18.8 Å². The quantitative estimate of drug-likeness (QED) is 0.0362. The summed E-state index contributed by atoms with van der Waals surface area (Å²) >= 11 is 0. The van der Waals surface area contributed by atoms with E-state index in [-0.39, 0.29) is 12.5 Å². The fourth-order valence-corrected chi connectivity index (χ4v) is 9.05. The van der Waals surface area contributed by atoms with E-state index in [0.29, 0.717) is 12.8 Å². The fraction of sp³-hybridized carbons (Fsp3) is 0.946. The van der Waals surface area contributed by atoms with Crippen molar-refractivity contribution in [3.05, 3.63) is 12.2 Å². The minimum Gasteiger partial charge on any atom is -0.394 e. The average molecular weight is 863 g/mol. The van der Waals surface area contributed by atoms with Crippen molar-refractivity contribution in [3.63, 3.8) is 0 Å². The average Bonchev–Trinajstić information content (AvgIpc) is 3.26. The first-order valence-corrected chi connectivity index (χ1v) is 28.0. The number of amides is 1. The first-order valence-electron chi connectivity index (χ1n) is 28.0. The largest absolute Gasteiger partial charge is 0.394 e. The predicted octanol–water partition coefficient (Wildman–Crippen LogP) is 17.1. The number of nitrogens with one attached hydrogen (secondary N) is 1. The van der Waals surface area contributed by atoms with Crippen molar-refractivity contribution in [2.45, 2.75) is 334 Å². The molecule has 0 aliphatic carbocycles. The molecule has 364 valence electrons. The lowest BCUT2D eigenvalue weighted by atomic mass is 10.0. The van der Waals surface area contributed by atoms with E-state index in [9.17, 15) is 20.1 Å². The molecule has 0 aromatic rings. The number of aliphatic hydroxyl groups is 3. The second kappa shape index (κ2) is 51.7. The van der Waals surface area contributed by atoms with Gasteiger partial charge >= 0.3 is 0 Å². The van der Waals surface area contributed by atoms with Crippen LogP contribution in [0.15, 0.2) is 12.2 Å². The van der Waals surface area contributed by atoms with Crippen molar-refractivity contribution in [2.24, 2.45) is 0 Å². The third-order valence-corrected chi connectivity index (χ3v) is 13.4. The van der Waals surface area contributed by atoms with Crippen molar-refractivity contribution in [2.75, 3.05) is 6.61 Å². The number of hydrogen-bond acceptors (Lipinski definition) is 4. The van der Waals surface area contributed by atoms with Gasteiger partial charge in [0.15, 0.2) is 0 Å². The van der Waals surface area contributed by atoms with Gasteiger partial charge in [0.1, 0.15) is 6.10 Å². The summed E-state index contributed by atoms with van der Waals surface area (Å²) in [6, 6.07) is -0.820.